The maximum Gasteiger partial charge on any atom is 0.154 e. The van der Waals surface area contributed by atoms with Gasteiger partial charge in [0.25, 0.3) is 0 Å². The molecule has 1 aliphatic rings. The molecule has 1 aromatic carbocycles. The number of hydrogen-bond acceptors (Lipinski definition) is 3. The molecule has 1 saturated heterocycles. The van der Waals surface area contributed by atoms with Gasteiger partial charge in [0.05, 0.1) is 19.6 Å². The fourth-order valence-electron chi connectivity index (χ4n) is 3.71. The van der Waals surface area contributed by atoms with Crippen molar-refractivity contribution in [1.82, 2.24) is 15.0 Å². The van der Waals surface area contributed by atoms with Crippen molar-refractivity contribution in [3.8, 4) is 0 Å². The predicted molar refractivity (Wildman–Crippen MR) is 89.2 cm³/mol. The number of nitrogens with one attached hydrogen (secondary N) is 3. The number of hydrogen-bond donors (Lipinski definition) is 3. The van der Waals surface area contributed by atoms with Crippen LogP contribution in [-0.4, -0.2) is 40.6 Å². The first kappa shape index (κ1) is 14.4. The Labute approximate surface area is 133 Å². The van der Waals surface area contributed by atoms with Crippen molar-refractivity contribution in [1.29, 1.82) is 0 Å². The van der Waals surface area contributed by atoms with E-state index < -0.39 is 0 Å². The molecule has 0 spiro atoms. The number of aromatic nitrogens is 3. The van der Waals surface area contributed by atoms with E-state index in [-0.39, 0.29) is 5.82 Å². The molecule has 1 unspecified atom stereocenters. The Hall–Kier alpha value is -2.21. The highest BCUT2D eigenvalue weighted by Gasteiger charge is 2.27. The molecule has 0 bridgehead atoms. The van der Waals surface area contributed by atoms with E-state index in [1.165, 1.54) is 31.5 Å². The molecule has 1 fully saturated rings. The minimum atomic E-state index is -0.250. The van der Waals surface area contributed by atoms with Crippen molar-refractivity contribution in [3.63, 3.8) is 0 Å². The summed E-state index contributed by atoms with van der Waals surface area (Å²) in [5.41, 5.74) is 2.50. The number of likely N-dealkylation sites (tertiary alicyclic amines) is 1. The van der Waals surface area contributed by atoms with Gasteiger partial charge >= 0.3 is 0 Å². The van der Waals surface area contributed by atoms with Crippen LogP contribution in [0.25, 0.3) is 21.9 Å². The van der Waals surface area contributed by atoms with Gasteiger partial charge in [0.1, 0.15) is 29.2 Å². The average molecular weight is 314 g/mol. The van der Waals surface area contributed by atoms with E-state index >= 15 is 0 Å². The largest absolute Gasteiger partial charge is 0.362 e. The van der Waals surface area contributed by atoms with Crippen molar-refractivity contribution in [2.45, 2.75) is 25.8 Å². The first-order valence-electron chi connectivity index (χ1n) is 8.26. The van der Waals surface area contributed by atoms with Crippen molar-refractivity contribution in [3.05, 3.63) is 30.3 Å². The second kappa shape index (κ2) is 5.77. The molecule has 5 nitrogen and oxygen atoms in total. The lowest BCUT2D eigenvalue weighted by Crippen LogP contribution is -3.14. The van der Waals surface area contributed by atoms with Gasteiger partial charge in [0.2, 0.25) is 0 Å². The lowest BCUT2D eigenvalue weighted by atomic mass is 10.2. The van der Waals surface area contributed by atoms with Crippen molar-refractivity contribution >= 4 is 27.8 Å². The summed E-state index contributed by atoms with van der Waals surface area (Å²) in [6.07, 6.45) is 4.09. The maximum absolute atomic E-state index is 13.5. The van der Waals surface area contributed by atoms with Crippen LogP contribution in [0.15, 0.2) is 24.5 Å². The fraction of sp³-hybridized carbons (Fsp3) is 0.412. The number of likely N-dealkylation sites (N-methyl/N-ethyl adjacent to an activating group) is 1. The zero-order chi connectivity index (χ0) is 15.8. The van der Waals surface area contributed by atoms with Crippen LogP contribution in [0.1, 0.15) is 19.8 Å². The second-order valence-corrected chi connectivity index (χ2v) is 6.24. The monoisotopic (exact) mass is 314 g/mol. The number of fused-ring (bicyclic) bond motifs is 3. The zero-order valence-corrected chi connectivity index (χ0v) is 13.2. The highest BCUT2D eigenvalue weighted by molar-refractivity contribution is 6.07. The van der Waals surface area contributed by atoms with Gasteiger partial charge in [-0.3, -0.25) is 0 Å². The molecular formula is C17H21FN5+. The Morgan fingerprint density at radius 1 is 1.39 bits per heavy atom. The Balaban J connectivity index is 1.66. The SMILES string of the molecule is CC[NH+]1CCC[C@H]1CNc1ncnc2c1[nH]c1ccc(F)cc12. The summed E-state index contributed by atoms with van der Waals surface area (Å²) in [6, 6.07) is 5.35. The van der Waals surface area contributed by atoms with Crippen LogP contribution in [0.3, 0.4) is 0 Å². The van der Waals surface area contributed by atoms with E-state index in [4.69, 9.17) is 0 Å². The molecule has 0 amide bonds. The average Bonchev–Trinajstić information content (AvgIpc) is 3.16. The van der Waals surface area contributed by atoms with Crippen LogP contribution >= 0.6 is 0 Å². The third kappa shape index (κ3) is 2.53. The summed E-state index contributed by atoms with van der Waals surface area (Å²) < 4.78 is 13.5. The molecule has 2 aromatic heterocycles. The van der Waals surface area contributed by atoms with Crippen LogP contribution in [0.4, 0.5) is 10.2 Å². The van der Waals surface area contributed by atoms with Gasteiger partial charge in [-0.25, -0.2) is 14.4 Å². The van der Waals surface area contributed by atoms with Gasteiger partial charge in [0, 0.05) is 23.7 Å². The zero-order valence-electron chi connectivity index (χ0n) is 13.2. The third-order valence-electron chi connectivity index (χ3n) is 4.94. The molecular weight excluding hydrogens is 293 g/mol. The molecule has 2 atom stereocenters. The molecule has 0 radical (unpaired) electrons. The molecule has 4 rings (SSSR count). The summed E-state index contributed by atoms with van der Waals surface area (Å²) in [4.78, 5) is 13.7. The summed E-state index contributed by atoms with van der Waals surface area (Å²) in [6.45, 7) is 5.56. The molecule has 120 valence electrons. The minimum Gasteiger partial charge on any atom is -0.362 e. The number of benzene rings is 1. The highest BCUT2D eigenvalue weighted by Crippen LogP contribution is 2.27. The Morgan fingerprint density at radius 2 is 2.30 bits per heavy atom. The minimum absolute atomic E-state index is 0.250. The number of nitrogens with zero attached hydrogens (tertiary/aromatic N) is 2. The molecule has 1 aliphatic heterocycles. The first-order valence-corrected chi connectivity index (χ1v) is 8.26. The van der Waals surface area contributed by atoms with Crippen LogP contribution in [0.2, 0.25) is 0 Å². The van der Waals surface area contributed by atoms with Gasteiger partial charge in [-0.15, -0.1) is 0 Å². The summed E-state index contributed by atoms with van der Waals surface area (Å²) in [7, 11) is 0. The number of halogens is 1. The van der Waals surface area contributed by atoms with E-state index in [1.807, 2.05) is 0 Å². The molecule has 6 heteroatoms. The van der Waals surface area contributed by atoms with Gasteiger partial charge in [-0.1, -0.05) is 0 Å². The normalized spacial score (nSPS) is 21.3. The Morgan fingerprint density at radius 3 is 3.17 bits per heavy atom. The molecule has 3 N–H and O–H groups in total. The molecule has 3 heterocycles. The number of aromatic amines is 1. The van der Waals surface area contributed by atoms with Gasteiger partial charge in [-0.2, -0.15) is 0 Å². The van der Waals surface area contributed by atoms with Crippen LogP contribution < -0.4 is 10.2 Å². The topological polar surface area (TPSA) is 58.0 Å². The van der Waals surface area contributed by atoms with Gasteiger partial charge in [-0.05, 0) is 25.1 Å². The third-order valence-corrected chi connectivity index (χ3v) is 4.94. The summed E-state index contributed by atoms with van der Waals surface area (Å²) in [5, 5.41) is 4.27. The maximum atomic E-state index is 13.5. The van der Waals surface area contributed by atoms with E-state index in [9.17, 15) is 4.39 Å². The lowest BCUT2D eigenvalue weighted by molar-refractivity contribution is -0.908. The number of rotatable bonds is 4. The standard InChI is InChI=1S/C17H20FN5/c1-2-23-7-3-4-12(23)9-19-17-16-15(20-10-21-17)13-8-11(18)5-6-14(13)22-16/h5-6,8,10,12,22H,2-4,7,9H2,1H3,(H,19,20,21)/p+1/t12-/m0/s1. The quantitative estimate of drug-likeness (QED) is 0.687. The molecule has 0 aliphatic carbocycles. The highest BCUT2D eigenvalue weighted by atomic mass is 19.1. The van der Waals surface area contributed by atoms with E-state index in [2.05, 4.69) is 27.2 Å². The van der Waals surface area contributed by atoms with Crippen LogP contribution in [-0.2, 0) is 0 Å². The summed E-state index contributed by atoms with van der Waals surface area (Å²) in [5.74, 6) is 0.550. The number of anilines is 1. The molecule has 3 aromatic rings. The first-order chi connectivity index (χ1) is 11.3. The summed E-state index contributed by atoms with van der Waals surface area (Å²) >= 11 is 0. The number of quaternary nitrogens is 1. The number of H-pyrrole nitrogens is 1. The predicted octanol–water partition coefficient (Wildman–Crippen LogP) is 1.73. The molecule has 0 saturated carbocycles. The van der Waals surface area contributed by atoms with Crippen molar-refractivity contribution in [2.75, 3.05) is 25.0 Å². The Kier molecular flexibility index (Phi) is 3.61. The fourth-order valence-corrected chi connectivity index (χ4v) is 3.71. The van der Waals surface area contributed by atoms with E-state index in [0.717, 1.165) is 40.8 Å². The van der Waals surface area contributed by atoms with Gasteiger partial charge < -0.3 is 15.2 Å². The van der Waals surface area contributed by atoms with E-state index in [1.54, 1.807) is 17.3 Å². The van der Waals surface area contributed by atoms with Crippen molar-refractivity contribution < 1.29 is 9.29 Å². The van der Waals surface area contributed by atoms with Crippen LogP contribution in [0, 0.1) is 5.82 Å². The van der Waals surface area contributed by atoms with Gasteiger partial charge in [0.15, 0.2) is 5.82 Å². The van der Waals surface area contributed by atoms with E-state index in [0.29, 0.717) is 6.04 Å². The van der Waals surface area contributed by atoms with Crippen LogP contribution in [0.5, 0.6) is 0 Å². The lowest BCUT2D eigenvalue weighted by Gasteiger charge is -2.20. The Bertz CT molecular complexity index is 843. The molecule has 23 heavy (non-hydrogen) atoms. The van der Waals surface area contributed by atoms with Crippen molar-refractivity contribution in [2.24, 2.45) is 0 Å². The second-order valence-electron chi connectivity index (χ2n) is 6.24. The smallest absolute Gasteiger partial charge is 0.154 e.